The van der Waals surface area contributed by atoms with Gasteiger partial charge in [0.05, 0.1) is 0 Å². The maximum Gasteiger partial charge on any atom is 0.209 e. The van der Waals surface area contributed by atoms with E-state index < -0.39 is 0 Å². The van der Waals surface area contributed by atoms with Gasteiger partial charge in [-0.05, 0) is 97.1 Å². The summed E-state index contributed by atoms with van der Waals surface area (Å²) in [7, 11) is -0.397. The van der Waals surface area contributed by atoms with Crippen molar-refractivity contribution in [2.75, 3.05) is 0 Å². The topological polar surface area (TPSA) is 18.5 Å². The number of benzene rings is 6. The van der Waals surface area contributed by atoms with Crippen LogP contribution in [0.4, 0.5) is 0 Å². The largest absolute Gasteiger partial charge is 0.447 e. The summed E-state index contributed by atoms with van der Waals surface area (Å²) in [6, 6.07) is 51.7. The van der Waals surface area contributed by atoms with Crippen LogP contribution >= 0.6 is 11.8 Å². The second-order valence-corrected chi connectivity index (χ2v) is 14.7. The van der Waals surface area contributed by atoms with Gasteiger partial charge in [-0.15, -0.1) is 0 Å². The minimum atomic E-state index is -0.199. The Labute approximate surface area is 249 Å². The zero-order chi connectivity index (χ0) is 27.2. The molecule has 0 radical (unpaired) electrons. The van der Waals surface area contributed by atoms with Gasteiger partial charge in [-0.25, -0.2) is 0 Å². The van der Waals surface area contributed by atoms with Crippen molar-refractivity contribution in [3.05, 3.63) is 146 Å². The molecule has 0 aliphatic carbocycles. The van der Waals surface area contributed by atoms with Gasteiger partial charge in [0.2, 0.25) is 19.6 Å². The summed E-state index contributed by atoms with van der Waals surface area (Å²) >= 11 is 1.80. The average Bonchev–Trinajstić information content (AvgIpc) is 3.03. The molecule has 0 N–H and O–H groups in total. The highest BCUT2D eigenvalue weighted by molar-refractivity contribution is 7.99. The van der Waals surface area contributed by atoms with Crippen LogP contribution in [-0.2, 0) is 21.8 Å². The third kappa shape index (κ3) is 4.51. The first-order valence-electron chi connectivity index (χ1n) is 13.4. The Morgan fingerprint density at radius 1 is 0.341 bits per heavy atom. The molecule has 2 aliphatic rings. The number of hydrogen-bond donors (Lipinski definition) is 0. The summed E-state index contributed by atoms with van der Waals surface area (Å²) in [6.07, 6.45) is 0. The molecule has 2 nitrogen and oxygen atoms in total. The van der Waals surface area contributed by atoms with Crippen molar-refractivity contribution in [2.24, 2.45) is 0 Å². The lowest BCUT2D eigenvalue weighted by atomic mass is 10.3. The third-order valence-electron chi connectivity index (χ3n) is 7.07. The Morgan fingerprint density at radius 3 is 0.951 bits per heavy atom. The van der Waals surface area contributed by atoms with E-state index in [0.29, 0.717) is 0 Å². The molecule has 5 heteroatoms. The summed E-state index contributed by atoms with van der Waals surface area (Å²) in [5.41, 5.74) is 0. The van der Waals surface area contributed by atoms with E-state index in [1.165, 1.54) is 39.2 Å². The number of para-hydroxylation sites is 4. The zero-order valence-corrected chi connectivity index (χ0v) is 24.3. The van der Waals surface area contributed by atoms with Gasteiger partial charge < -0.3 is 9.47 Å². The van der Waals surface area contributed by atoms with Crippen LogP contribution in [0, 0.1) is 0 Å². The van der Waals surface area contributed by atoms with E-state index >= 15 is 0 Å². The van der Waals surface area contributed by atoms with Crippen LogP contribution in [-0.4, -0.2) is 0 Å². The lowest BCUT2D eigenvalue weighted by Gasteiger charge is -2.19. The molecule has 0 bridgehead atoms. The Hall–Kier alpha value is -4.03. The predicted molar refractivity (Wildman–Crippen MR) is 167 cm³/mol. The lowest BCUT2D eigenvalue weighted by Crippen LogP contribution is -2.12. The molecule has 0 unspecified atom stereocenters. The van der Waals surface area contributed by atoms with Crippen LogP contribution in [0.2, 0.25) is 0 Å². The van der Waals surface area contributed by atoms with Crippen molar-refractivity contribution >= 4 is 33.6 Å². The van der Waals surface area contributed by atoms with Crippen molar-refractivity contribution in [3.63, 3.8) is 0 Å². The van der Waals surface area contributed by atoms with E-state index in [9.17, 15) is 0 Å². The van der Waals surface area contributed by atoms with Crippen molar-refractivity contribution < 1.29 is 9.47 Å². The molecule has 2 aliphatic heterocycles. The molecule has 6 aromatic rings. The van der Waals surface area contributed by atoms with Gasteiger partial charge in [-0.1, -0.05) is 60.3 Å². The van der Waals surface area contributed by atoms with E-state index in [1.807, 2.05) is 24.3 Å². The number of fused-ring (bicyclic) bond motifs is 4. The van der Waals surface area contributed by atoms with E-state index in [-0.39, 0.29) is 21.8 Å². The molecular weight excluding hydrogens is 561 g/mol. The van der Waals surface area contributed by atoms with E-state index in [1.54, 1.807) is 11.8 Å². The van der Waals surface area contributed by atoms with Crippen LogP contribution in [0.3, 0.4) is 0 Å². The maximum absolute atomic E-state index is 6.22. The average molecular weight is 585 g/mol. The predicted octanol–water partition coefficient (Wildman–Crippen LogP) is 10.2. The van der Waals surface area contributed by atoms with Crippen molar-refractivity contribution in [3.8, 4) is 23.0 Å². The molecule has 6 aromatic carbocycles. The van der Waals surface area contributed by atoms with Gasteiger partial charge in [-0.3, -0.25) is 0 Å². The first-order chi connectivity index (χ1) is 20.3. The molecule has 8 rings (SSSR count). The summed E-state index contributed by atoms with van der Waals surface area (Å²) < 4.78 is 12.4. The maximum atomic E-state index is 6.22. The van der Waals surface area contributed by atoms with Gasteiger partial charge in [0.15, 0.2) is 32.8 Å². The summed E-state index contributed by atoms with van der Waals surface area (Å²) in [5.74, 6) is 3.79. The van der Waals surface area contributed by atoms with Gasteiger partial charge in [0.1, 0.15) is 21.8 Å². The van der Waals surface area contributed by atoms with E-state index in [0.717, 1.165) is 23.0 Å². The SMILES string of the molecule is c1ccc2c(c1)Oc1ccccc1[S+]2c1ccc(Sc2ccc([S+]3c4ccccc4Oc4ccccc43)cc2)cc1. The minimum Gasteiger partial charge on any atom is -0.447 e. The number of hydrogen-bond acceptors (Lipinski definition) is 3. The molecule has 0 saturated carbocycles. The van der Waals surface area contributed by atoms with Crippen LogP contribution in [0.25, 0.3) is 0 Å². The lowest BCUT2D eigenvalue weighted by molar-refractivity contribution is 0.452. The highest BCUT2D eigenvalue weighted by atomic mass is 32.2. The van der Waals surface area contributed by atoms with E-state index in [4.69, 9.17) is 9.47 Å². The quantitative estimate of drug-likeness (QED) is 0.192. The van der Waals surface area contributed by atoms with Crippen LogP contribution in [0.15, 0.2) is 185 Å². The fraction of sp³-hybridized carbons (Fsp3) is 0. The van der Waals surface area contributed by atoms with Crippen LogP contribution in [0.1, 0.15) is 0 Å². The van der Waals surface area contributed by atoms with Gasteiger partial charge in [0.25, 0.3) is 0 Å². The number of rotatable bonds is 4. The van der Waals surface area contributed by atoms with Crippen LogP contribution in [0.5, 0.6) is 23.0 Å². The second-order valence-electron chi connectivity index (χ2n) is 9.65. The molecule has 0 spiro atoms. The van der Waals surface area contributed by atoms with Crippen LogP contribution < -0.4 is 9.47 Å². The Kier molecular flexibility index (Phi) is 6.29. The minimum absolute atomic E-state index is 0.199. The van der Waals surface area contributed by atoms with Crippen molar-refractivity contribution in [1.82, 2.24) is 0 Å². The standard InChI is InChI=1S/C36H24O2S3/c1-5-13-33-29(9-1)37-30-10-2-6-14-34(30)40(33)27-21-17-25(18-22-27)39-26-19-23-28(24-20-26)41-35-15-7-3-11-31(35)38-32-12-4-8-16-36(32)41/h1-24H/q+2. The molecule has 0 atom stereocenters. The number of ether oxygens (including phenoxy) is 2. The van der Waals surface area contributed by atoms with E-state index in [2.05, 4.69) is 121 Å². The second kappa shape index (κ2) is 10.4. The molecule has 196 valence electrons. The third-order valence-corrected chi connectivity index (χ3v) is 12.7. The zero-order valence-electron chi connectivity index (χ0n) is 21.9. The van der Waals surface area contributed by atoms with Crippen molar-refractivity contribution in [1.29, 1.82) is 0 Å². The molecule has 41 heavy (non-hydrogen) atoms. The fourth-order valence-electron chi connectivity index (χ4n) is 5.22. The van der Waals surface area contributed by atoms with Crippen molar-refractivity contribution in [2.45, 2.75) is 39.2 Å². The molecule has 0 amide bonds. The summed E-state index contributed by atoms with van der Waals surface area (Å²) in [6.45, 7) is 0. The monoisotopic (exact) mass is 584 g/mol. The molecular formula is C36H24O2S3+2. The van der Waals surface area contributed by atoms with Gasteiger partial charge in [-0.2, -0.15) is 0 Å². The Balaban J connectivity index is 1.07. The van der Waals surface area contributed by atoms with Gasteiger partial charge >= 0.3 is 0 Å². The normalized spacial score (nSPS) is 13.7. The Bertz CT molecular complexity index is 1650. The fourth-order valence-corrected chi connectivity index (χ4v) is 10.4. The smallest absolute Gasteiger partial charge is 0.209 e. The highest BCUT2D eigenvalue weighted by Crippen LogP contribution is 2.48. The highest BCUT2D eigenvalue weighted by Gasteiger charge is 2.40. The molecule has 0 fully saturated rings. The first kappa shape index (κ1) is 24.7. The Morgan fingerprint density at radius 2 is 0.634 bits per heavy atom. The summed E-state index contributed by atoms with van der Waals surface area (Å²) in [5, 5.41) is 0. The summed E-state index contributed by atoms with van der Waals surface area (Å²) in [4.78, 5) is 9.99. The molecule has 0 saturated heterocycles. The molecule has 0 aromatic heterocycles. The molecule has 2 heterocycles. The van der Waals surface area contributed by atoms with Gasteiger partial charge in [0, 0.05) is 9.79 Å². The first-order valence-corrected chi connectivity index (χ1v) is 16.7.